The van der Waals surface area contributed by atoms with E-state index >= 15 is 0 Å². The zero-order chi connectivity index (χ0) is 21.5. The van der Waals surface area contributed by atoms with Crippen molar-refractivity contribution in [1.29, 1.82) is 0 Å². The fraction of sp³-hybridized carbons (Fsp3) is 0.435. The summed E-state index contributed by atoms with van der Waals surface area (Å²) in [6, 6.07) is 10.7. The molecule has 0 radical (unpaired) electrons. The average Bonchev–Trinajstić information content (AvgIpc) is 2.73. The van der Waals surface area contributed by atoms with Gasteiger partial charge in [0.05, 0.1) is 13.2 Å². The van der Waals surface area contributed by atoms with Crippen LogP contribution < -0.4 is 4.74 Å². The molecule has 0 aromatic heterocycles. The van der Waals surface area contributed by atoms with Crippen LogP contribution >= 0.6 is 0 Å². The number of hydrogen-bond acceptors (Lipinski definition) is 4. The summed E-state index contributed by atoms with van der Waals surface area (Å²) in [5.41, 5.74) is 1.11. The molecular weight excluding hydrogens is 390 g/mol. The van der Waals surface area contributed by atoms with Gasteiger partial charge in [-0.05, 0) is 63.7 Å². The third-order valence-corrected chi connectivity index (χ3v) is 5.32. The Labute approximate surface area is 176 Å². The first-order valence-electron chi connectivity index (χ1n) is 10.2. The van der Waals surface area contributed by atoms with E-state index < -0.39 is 17.7 Å². The molecule has 0 aliphatic carbocycles. The first-order valence-corrected chi connectivity index (χ1v) is 10.2. The molecule has 30 heavy (non-hydrogen) atoms. The number of carbonyl (C=O) groups is 1. The van der Waals surface area contributed by atoms with Crippen LogP contribution in [0, 0.1) is 11.6 Å². The van der Waals surface area contributed by atoms with Crippen molar-refractivity contribution in [2.45, 2.75) is 39.0 Å². The summed E-state index contributed by atoms with van der Waals surface area (Å²) >= 11 is 0. The topological polar surface area (TPSA) is 42.0 Å². The minimum Gasteiger partial charge on any atom is -0.494 e. The van der Waals surface area contributed by atoms with E-state index in [0.717, 1.165) is 43.3 Å². The molecule has 3 rings (SSSR count). The van der Waals surface area contributed by atoms with Crippen LogP contribution in [0.5, 0.6) is 5.75 Å². The molecule has 0 N–H and O–H groups in total. The van der Waals surface area contributed by atoms with Crippen molar-refractivity contribution in [2.24, 2.45) is 0 Å². The number of hydrogen-bond donors (Lipinski definition) is 0. The Bertz CT molecular complexity index is 837. The lowest BCUT2D eigenvalue weighted by atomic mass is 10.0. The fourth-order valence-corrected chi connectivity index (χ4v) is 3.56. The van der Waals surface area contributed by atoms with Crippen LogP contribution in [0.15, 0.2) is 42.5 Å². The number of amides is 1. The number of halogens is 2. The Morgan fingerprint density at radius 2 is 1.83 bits per heavy atom. The van der Waals surface area contributed by atoms with Gasteiger partial charge < -0.3 is 19.3 Å². The standard InChI is InChI=1S/C23H28F2N2O3/c1-3-29-21-8-4-17(5-9-21)16-30-23(28)27(20-10-12-26(2)13-11-20)15-18-6-7-19(24)14-22(18)25/h4-9,14,20H,3,10-13,15-16H2,1-2H3. The number of piperidine rings is 1. The molecule has 1 aliphatic heterocycles. The Hall–Kier alpha value is -2.67. The molecule has 1 saturated heterocycles. The predicted octanol–water partition coefficient (Wildman–Crippen LogP) is 4.60. The van der Waals surface area contributed by atoms with Crippen molar-refractivity contribution < 1.29 is 23.0 Å². The SMILES string of the molecule is CCOc1ccc(COC(=O)N(Cc2ccc(F)cc2F)C2CCN(C)CC2)cc1. The van der Waals surface area contributed by atoms with Gasteiger partial charge in [-0.15, -0.1) is 0 Å². The van der Waals surface area contributed by atoms with Gasteiger partial charge >= 0.3 is 6.09 Å². The third-order valence-electron chi connectivity index (χ3n) is 5.32. The lowest BCUT2D eigenvalue weighted by Gasteiger charge is -2.36. The van der Waals surface area contributed by atoms with E-state index in [1.807, 2.05) is 38.2 Å². The summed E-state index contributed by atoms with van der Waals surface area (Å²) in [5, 5.41) is 0. The lowest BCUT2D eigenvalue weighted by Crippen LogP contribution is -2.46. The minimum absolute atomic E-state index is 0.0443. The van der Waals surface area contributed by atoms with E-state index in [1.165, 1.54) is 12.1 Å². The van der Waals surface area contributed by atoms with Gasteiger partial charge in [0.2, 0.25) is 0 Å². The molecule has 2 aromatic rings. The third kappa shape index (κ3) is 5.92. The van der Waals surface area contributed by atoms with Crippen LogP contribution in [0.25, 0.3) is 0 Å². The number of ether oxygens (including phenoxy) is 2. The molecule has 2 aromatic carbocycles. The van der Waals surface area contributed by atoms with Crippen molar-refractivity contribution in [2.75, 3.05) is 26.7 Å². The van der Waals surface area contributed by atoms with Gasteiger partial charge in [-0.1, -0.05) is 18.2 Å². The van der Waals surface area contributed by atoms with Crippen LogP contribution in [0.4, 0.5) is 13.6 Å². The highest BCUT2D eigenvalue weighted by Crippen LogP contribution is 2.22. The molecule has 162 valence electrons. The maximum Gasteiger partial charge on any atom is 0.410 e. The number of rotatable bonds is 7. The second-order valence-corrected chi connectivity index (χ2v) is 7.53. The van der Waals surface area contributed by atoms with Crippen LogP contribution in [0.1, 0.15) is 30.9 Å². The van der Waals surface area contributed by atoms with Crippen LogP contribution in [-0.2, 0) is 17.9 Å². The van der Waals surface area contributed by atoms with Crippen LogP contribution in [0.2, 0.25) is 0 Å². The molecule has 1 amide bonds. The molecule has 0 saturated carbocycles. The van der Waals surface area contributed by atoms with Crippen molar-refractivity contribution in [1.82, 2.24) is 9.80 Å². The highest BCUT2D eigenvalue weighted by molar-refractivity contribution is 5.68. The van der Waals surface area contributed by atoms with Crippen LogP contribution in [0.3, 0.4) is 0 Å². The van der Waals surface area contributed by atoms with E-state index in [-0.39, 0.29) is 24.8 Å². The molecule has 5 nitrogen and oxygen atoms in total. The smallest absolute Gasteiger partial charge is 0.410 e. The zero-order valence-electron chi connectivity index (χ0n) is 17.4. The highest BCUT2D eigenvalue weighted by Gasteiger charge is 2.29. The average molecular weight is 418 g/mol. The second kappa shape index (κ2) is 10.4. The molecule has 7 heteroatoms. The van der Waals surface area contributed by atoms with E-state index in [9.17, 15) is 13.6 Å². The Balaban J connectivity index is 1.69. The molecule has 0 spiro atoms. The first-order chi connectivity index (χ1) is 14.5. The van der Waals surface area contributed by atoms with Gasteiger partial charge in [0.1, 0.15) is 24.0 Å². The molecule has 1 heterocycles. The van der Waals surface area contributed by atoms with Gasteiger partial charge in [0.15, 0.2) is 0 Å². The summed E-state index contributed by atoms with van der Waals surface area (Å²) in [5.74, 6) is -0.542. The Kier molecular flexibility index (Phi) is 7.63. The van der Waals surface area contributed by atoms with Gasteiger partial charge in [0, 0.05) is 17.7 Å². The van der Waals surface area contributed by atoms with Gasteiger partial charge in [-0.3, -0.25) is 0 Å². The monoisotopic (exact) mass is 418 g/mol. The first kappa shape index (κ1) is 22.0. The van der Waals surface area contributed by atoms with Crippen molar-refractivity contribution in [3.05, 3.63) is 65.2 Å². The summed E-state index contributed by atoms with van der Waals surface area (Å²) in [4.78, 5) is 16.7. The number of likely N-dealkylation sites (tertiary alicyclic amines) is 1. The molecule has 1 fully saturated rings. The quantitative estimate of drug-likeness (QED) is 0.659. The Morgan fingerprint density at radius 3 is 2.47 bits per heavy atom. The zero-order valence-corrected chi connectivity index (χ0v) is 17.4. The fourth-order valence-electron chi connectivity index (χ4n) is 3.56. The van der Waals surface area contributed by atoms with E-state index in [1.54, 1.807) is 4.90 Å². The van der Waals surface area contributed by atoms with Crippen molar-refractivity contribution in [3.63, 3.8) is 0 Å². The van der Waals surface area contributed by atoms with E-state index in [0.29, 0.717) is 6.61 Å². The summed E-state index contributed by atoms with van der Waals surface area (Å²) in [6.45, 7) is 4.35. The normalized spacial score (nSPS) is 15.1. The summed E-state index contributed by atoms with van der Waals surface area (Å²) < 4.78 is 38.4. The van der Waals surface area contributed by atoms with Crippen LogP contribution in [-0.4, -0.2) is 48.7 Å². The lowest BCUT2D eigenvalue weighted by molar-refractivity contribution is 0.0599. The van der Waals surface area contributed by atoms with Crippen molar-refractivity contribution in [3.8, 4) is 5.75 Å². The molecule has 0 unspecified atom stereocenters. The largest absolute Gasteiger partial charge is 0.494 e. The summed E-state index contributed by atoms with van der Waals surface area (Å²) in [7, 11) is 2.03. The van der Waals surface area contributed by atoms with Gasteiger partial charge in [0.25, 0.3) is 0 Å². The van der Waals surface area contributed by atoms with Gasteiger partial charge in [-0.2, -0.15) is 0 Å². The van der Waals surface area contributed by atoms with Crippen molar-refractivity contribution >= 4 is 6.09 Å². The Morgan fingerprint density at radius 1 is 1.13 bits per heavy atom. The van der Waals surface area contributed by atoms with E-state index in [2.05, 4.69) is 4.90 Å². The molecule has 0 atom stereocenters. The maximum atomic E-state index is 14.2. The molecular formula is C23H28F2N2O3. The number of carbonyl (C=O) groups excluding carboxylic acids is 1. The minimum atomic E-state index is -0.660. The highest BCUT2D eigenvalue weighted by atomic mass is 19.1. The predicted molar refractivity (Wildman–Crippen MR) is 110 cm³/mol. The van der Waals surface area contributed by atoms with Gasteiger partial charge in [-0.25, -0.2) is 13.6 Å². The number of benzene rings is 2. The number of nitrogens with zero attached hydrogens (tertiary/aromatic N) is 2. The second-order valence-electron chi connectivity index (χ2n) is 7.53. The molecule has 0 bridgehead atoms. The summed E-state index contributed by atoms with van der Waals surface area (Å²) in [6.07, 6.45) is 1.05. The maximum absolute atomic E-state index is 14.2. The molecule has 1 aliphatic rings. The van der Waals surface area contributed by atoms with E-state index in [4.69, 9.17) is 9.47 Å².